The lowest BCUT2D eigenvalue weighted by Crippen LogP contribution is -2.32. The zero-order chi connectivity index (χ0) is 19.5. The van der Waals surface area contributed by atoms with E-state index in [9.17, 15) is 4.57 Å². The fourth-order valence-electron chi connectivity index (χ4n) is 3.54. The average molecular weight is 383 g/mol. The SMILES string of the molecule is [B][B][C@@H]1O[C@H](COP(C)(=O)OC2[C@H]([B])O[C@H](COC)[C@@H]2C)[C@H](OC)C1C. The van der Waals surface area contributed by atoms with Gasteiger partial charge < -0.3 is 28.0 Å². The maximum absolute atomic E-state index is 12.8. The molecule has 0 aromatic heterocycles. The van der Waals surface area contributed by atoms with E-state index in [0.717, 1.165) is 0 Å². The predicted molar refractivity (Wildman–Crippen MR) is 99.9 cm³/mol. The molecule has 5 radical (unpaired) electrons. The summed E-state index contributed by atoms with van der Waals surface area (Å²) in [5, 5.41) is 0. The minimum Gasteiger partial charge on any atom is -0.382 e. The van der Waals surface area contributed by atoms with Crippen molar-refractivity contribution in [3.8, 4) is 0 Å². The Morgan fingerprint density at radius 1 is 1.08 bits per heavy atom. The number of hydrogen-bond acceptors (Lipinski definition) is 7. The monoisotopic (exact) mass is 383 g/mol. The molecule has 2 heterocycles. The first-order valence-corrected chi connectivity index (χ1v) is 10.8. The molecule has 0 amide bonds. The van der Waals surface area contributed by atoms with E-state index in [1.54, 1.807) is 14.2 Å². The minimum absolute atomic E-state index is 0.0691. The first kappa shape index (κ1) is 22.5. The molecule has 0 aromatic carbocycles. The van der Waals surface area contributed by atoms with Gasteiger partial charge >= 0.3 is 7.60 Å². The number of methoxy groups -OCH3 is 2. The maximum atomic E-state index is 12.8. The Labute approximate surface area is 159 Å². The molecule has 0 aromatic rings. The lowest BCUT2D eigenvalue weighted by molar-refractivity contribution is -0.0225. The van der Waals surface area contributed by atoms with Gasteiger partial charge in [0.15, 0.2) is 0 Å². The van der Waals surface area contributed by atoms with Crippen LogP contribution < -0.4 is 0 Å². The van der Waals surface area contributed by atoms with Gasteiger partial charge in [-0.1, -0.05) is 13.8 Å². The molecular formula is C15H27B3O7P. The van der Waals surface area contributed by atoms with Crippen LogP contribution in [0, 0.1) is 11.8 Å². The van der Waals surface area contributed by atoms with E-state index >= 15 is 0 Å². The summed E-state index contributed by atoms with van der Waals surface area (Å²) in [5.74, 6) is -0.00485. The molecule has 2 rings (SSSR count). The fourth-order valence-corrected chi connectivity index (χ4v) is 4.77. The van der Waals surface area contributed by atoms with Gasteiger partial charge in [-0.15, -0.1) is 0 Å². The van der Waals surface area contributed by atoms with Gasteiger partial charge in [0, 0.05) is 52.5 Å². The van der Waals surface area contributed by atoms with Crippen LogP contribution in [0.1, 0.15) is 13.8 Å². The molecule has 143 valence electrons. The summed E-state index contributed by atoms with van der Waals surface area (Å²) in [7, 11) is 12.9. The first-order valence-electron chi connectivity index (χ1n) is 8.77. The average Bonchev–Trinajstić information content (AvgIpc) is 3.04. The molecule has 0 bridgehead atoms. The predicted octanol–water partition coefficient (Wildman–Crippen LogP) is 0.551. The second-order valence-corrected chi connectivity index (χ2v) is 8.99. The van der Waals surface area contributed by atoms with Crippen LogP contribution in [0.3, 0.4) is 0 Å². The Kier molecular flexibility index (Phi) is 8.29. The second-order valence-electron chi connectivity index (χ2n) is 6.98. The van der Waals surface area contributed by atoms with Gasteiger partial charge in [0.05, 0.1) is 38.7 Å². The Balaban J connectivity index is 1.91. The van der Waals surface area contributed by atoms with E-state index in [0.29, 0.717) is 6.61 Å². The van der Waals surface area contributed by atoms with Crippen LogP contribution >= 0.6 is 7.60 Å². The van der Waals surface area contributed by atoms with E-state index in [4.69, 9.17) is 43.6 Å². The Morgan fingerprint density at radius 2 is 1.77 bits per heavy atom. The molecule has 0 saturated carbocycles. The van der Waals surface area contributed by atoms with Gasteiger partial charge in [-0.3, -0.25) is 4.57 Å². The molecule has 2 fully saturated rings. The van der Waals surface area contributed by atoms with Crippen molar-refractivity contribution in [3.05, 3.63) is 0 Å². The molecule has 3 unspecified atom stereocenters. The molecule has 26 heavy (non-hydrogen) atoms. The molecule has 0 aliphatic carbocycles. The summed E-state index contributed by atoms with van der Waals surface area (Å²) in [6.45, 7) is 5.79. The first-order chi connectivity index (χ1) is 12.2. The van der Waals surface area contributed by atoms with Crippen molar-refractivity contribution in [1.82, 2.24) is 0 Å². The summed E-state index contributed by atoms with van der Waals surface area (Å²) in [6, 6.07) is -0.926. The fraction of sp³-hybridized carbons (Fsp3) is 1.00. The van der Waals surface area contributed by atoms with E-state index in [1.165, 1.54) is 13.8 Å². The third-order valence-electron chi connectivity index (χ3n) is 5.07. The summed E-state index contributed by atoms with van der Waals surface area (Å²) in [4.78, 5) is 0. The van der Waals surface area contributed by atoms with Crippen molar-refractivity contribution >= 4 is 30.3 Å². The number of hydrogen-bond donors (Lipinski definition) is 0. The van der Waals surface area contributed by atoms with Gasteiger partial charge in [-0.25, -0.2) is 0 Å². The molecular weight excluding hydrogens is 356 g/mol. The van der Waals surface area contributed by atoms with Crippen molar-refractivity contribution in [2.24, 2.45) is 11.8 Å². The molecule has 0 spiro atoms. The van der Waals surface area contributed by atoms with Crippen LogP contribution in [0.5, 0.6) is 0 Å². The highest BCUT2D eigenvalue weighted by molar-refractivity contribution is 7.53. The van der Waals surface area contributed by atoms with Gasteiger partial charge in [-0.05, 0) is 0 Å². The molecule has 7 nitrogen and oxygen atoms in total. The van der Waals surface area contributed by atoms with Gasteiger partial charge in [0.2, 0.25) is 0 Å². The van der Waals surface area contributed by atoms with Crippen molar-refractivity contribution < 1.29 is 32.6 Å². The summed E-state index contributed by atoms with van der Waals surface area (Å²) in [5.41, 5.74) is 0. The van der Waals surface area contributed by atoms with Crippen LogP contribution in [-0.2, 0) is 32.6 Å². The lowest BCUT2D eigenvalue weighted by atomic mass is 9.49. The van der Waals surface area contributed by atoms with Crippen LogP contribution in [0.15, 0.2) is 0 Å². The van der Waals surface area contributed by atoms with Crippen LogP contribution in [0.4, 0.5) is 0 Å². The van der Waals surface area contributed by atoms with Crippen molar-refractivity contribution in [2.75, 3.05) is 34.1 Å². The highest BCUT2D eigenvalue weighted by Crippen LogP contribution is 2.49. The van der Waals surface area contributed by atoms with Crippen LogP contribution in [-0.4, -0.2) is 93.3 Å². The van der Waals surface area contributed by atoms with E-state index in [-0.39, 0.29) is 42.8 Å². The normalized spacial score (nSPS) is 42.7. The van der Waals surface area contributed by atoms with Crippen molar-refractivity contribution in [1.29, 1.82) is 0 Å². The van der Waals surface area contributed by atoms with Crippen LogP contribution in [0.2, 0.25) is 0 Å². The molecule has 2 aliphatic heterocycles. The van der Waals surface area contributed by atoms with Crippen molar-refractivity contribution in [3.63, 3.8) is 0 Å². The summed E-state index contributed by atoms with van der Waals surface area (Å²) in [6.07, 6.45) is -1.35. The van der Waals surface area contributed by atoms with Gasteiger partial charge in [0.1, 0.15) is 14.0 Å². The van der Waals surface area contributed by atoms with Crippen LogP contribution in [0.25, 0.3) is 0 Å². The second kappa shape index (κ2) is 9.59. The highest BCUT2D eigenvalue weighted by Gasteiger charge is 2.44. The Morgan fingerprint density at radius 3 is 2.35 bits per heavy atom. The molecule has 11 heteroatoms. The summed E-state index contributed by atoms with van der Waals surface area (Å²) >= 11 is 0. The van der Waals surface area contributed by atoms with E-state index < -0.39 is 19.7 Å². The smallest absolute Gasteiger partial charge is 0.328 e. The third kappa shape index (κ3) is 5.16. The molecule has 0 N–H and O–H groups in total. The summed E-state index contributed by atoms with van der Waals surface area (Å²) < 4.78 is 46.1. The third-order valence-corrected chi connectivity index (χ3v) is 6.32. The Hall–Kier alpha value is 0.185. The van der Waals surface area contributed by atoms with Crippen molar-refractivity contribution in [2.45, 2.75) is 50.3 Å². The highest BCUT2D eigenvalue weighted by atomic mass is 31.2. The topological polar surface area (TPSA) is 72.5 Å². The molecule has 2 aliphatic rings. The standard InChI is InChI=1S/C15H27B3O7P/c1-8-10(6-20-3)23-14(16)13(8)25-26(5,19)22-7-11-12(21-4)9(2)15(18-17)24-11/h8-15H,6-7H2,1-5H3/t8-,9?,10+,11+,12+,13?,14+,15+,26?/m0/s1. The number of rotatable bonds is 9. The van der Waals surface area contributed by atoms with E-state index in [2.05, 4.69) is 0 Å². The molecule has 2 saturated heterocycles. The quantitative estimate of drug-likeness (QED) is 0.426. The molecule has 9 atom stereocenters. The maximum Gasteiger partial charge on any atom is 0.328 e. The zero-order valence-electron chi connectivity index (χ0n) is 16.1. The lowest BCUT2D eigenvalue weighted by Gasteiger charge is -2.26. The minimum atomic E-state index is -3.38. The van der Waals surface area contributed by atoms with Gasteiger partial charge in [-0.2, -0.15) is 0 Å². The van der Waals surface area contributed by atoms with Gasteiger partial charge in [0.25, 0.3) is 0 Å². The zero-order valence-corrected chi connectivity index (χ0v) is 17.0. The number of ether oxygens (including phenoxy) is 4. The largest absolute Gasteiger partial charge is 0.382 e. The Bertz CT molecular complexity index is 500. The van der Waals surface area contributed by atoms with E-state index in [1.807, 2.05) is 13.8 Å².